The third kappa shape index (κ3) is 3.50. The van der Waals surface area contributed by atoms with Crippen molar-refractivity contribution in [3.05, 3.63) is 29.8 Å². The van der Waals surface area contributed by atoms with Crippen LogP contribution in [0.2, 0.25) is 0 Å². The van der Waals surface area contributed by atoms with Crippen LogP contribution in [0.25, 0.3) is 0 Å². The summed E-state index contributed by atoms with van der Waals surface area (Å²) in [5.74, 6) is 0.292. The Morgan fingerprint density at radius 3 is 2.75 bits per heavy atom. The predicted octanol–water partition coefficient (Wildman–Crippen LogP) is 0.475. The molecule has 6 heteroatoms. The highest BCUT2D eigenvalue weighted by atomic mass is 32.2. The minimum atomic E-state index is -3.18. The lowest BCUT2D eigenvalue weighted by Gasteiger charge is -2.16. The van der Waals surface area contributed by atoms with Gasteiger partial charge in [-0.1, -0.05) is 12.1 Å². The molecular weight excluding hydrogens is 278 g/mol. The van der Waals surface area contributed by atoms with Crippen LogP contribution in [0.1, 0.15) is 18.4 Å². The first-order valence-electron chi connectivity index (χ1n) is 6.89. The molecule has 1 heterocycles. The van der Waals surface area contributed by atoms with Crippen LogP contribution in [0.4, 0.5) is 0 Å². The summed E-state index contributed by atoms with van der Waals surface area (Å²) in [7, 11) is -3.18. The highest BCUT2D eigenvalue weighted by Crippen LogP contribution is 2.23. The third-order valence-corrected chi connectivity index (χ3v) is 5.32. The largest absolute Gasteiger partial charge is 0.487 e. The summed E-state index contributed by atoms with van der Waals surface area (Å²) in [5, 5.41) is 13.1. The lowest BCUT2D eigenvalue weighted by atomic mass is 10.2. The van der Waals surface area contributed by atoms with E-state index in [1.165, 1.54) is 12.8 Å². The number of rotatable bonds is 5. The summed E-state index contributed by atoms with van der Waals surface area (Å²) in [6.07, 6.45) is 0.879. The van der Waals surface area contributed by atoms with Gasteiger partial charge in [0.05, 0.1) is 11.5 Å². The third-order valence-electron chi connectivity index (χ3n) is 3.63. The van der Waals surface area contributed by atoms with Crippen LogP contribution in [0.15, 0.2) is 24.3 Å². The molecule has 1 saturated heterocycles. The van der Waals surface area contributed by atoms with Crippen molar-refractivity contribution in [3.8, 4) is 5.75 Å². The molecule has 0 aromatic heterocycles. The van der Waals surface area contributed by atoms with Crippen LogP contribution >= 0.6 is 0 Å². The van der Waals surface area contributed by atoms with Gasteiger partial charge in [0.1, 0.15) is 18.0 Å². The summed E-state index contributed by atoms with van der Waals surface area (Å²) >= 11 is 0. The number of nitrogens with one attached hydrogen (secondary N) is 1. The minimum Gasteiger partial charge on any atom is -0.487 e. The predicted molar refractivity (Wildman–Crippen MR) is 75.4 cm³/mol. The summed E-state index contributed by atoms with van der Waals surface area (Å²) in [5.41, 5.74) is 1.10. The SMILES string of the molecule is O=S1(=O)CC(O)C(Oc2cccc(CNC3CC3)c2)C1. The van der Waals surface area contributed by atoms with Crippen LogP contribution in [0.5, 0.6) is 5.75 Å². The Bertz CT molecular complexity index is 583. The van der Waals surface area contributed by atoms with Gasteiger partial charge in [-0.15, -0.1) is 0 Å². The quantitative estimate of drug-likeness (QED) is 0.826. The highest BCUT2D eigenvalue weighted by molar-refractivity contribution is 7.91. The van der Waals surface area contributed by atoms with Crippen molar-refractivity contribution in [3.63, 3.8) is 0 Å². The Morgan fingerprint density at radius 1 is 1.30 bits per heavy atom. The maximum Gasteiger partial charge on any atom is 0.156 e. The molecule has 5 nitrogen and oxygen atoms in total. The van der Waals surface area contributed by atoms with Crippen LogP contribution in [0.3, 0.4) is 0 Å². The molecule has 0 bridgehead atoms. The molecule has 2 fully saturated rings. The van der Waals surface area contributed by atoms with Gasteiger partial charge in [0, 0.05) is 12.6 Å². The molecule has 20 heavy (non-hydrogen) atoms. The number of aliphatic hydroxyl groups is 1. The molecule has 0 spiro atoms. The molecule has 2 atom stereocenters. The van der Waals surface area contributed by atoms with E-state index >= 15 is 0 Å². The van der Waals surface area contributed by atoms with Crippen molar-refractivity contribution in [2.45, 2.75) is 37.6 Å². The summed E-state index contributed by atoms with van der Waals surface area (Å²) < 4.78 is 28.5. The topological polar surface area (TPSA) is 75.6 Å². The van der Waals surface area contributed by atoms with Crippen LogP contribution in [0, 0.1) is 0 Å². The van der Waals surface area contributed by atoms with Crippen molar-refractivity contribution in [1.82, 2.24) is 5.32 Å². The van der Waals surface area contributed by atoms with Crippen molar-refractivity contribution in [1.29, 1.82) is 0 Å². The van der Waals surface area contributed by atoms with Gasteiger partial charge >= 0.3 is 0 Å². The molecular formula is C14H19NO4S. The number of sulfone groups is 1. The second-order valence-electron chi connectivity index (χ2n) is 5.60. The Kier molecular flexibility index (Phi) is 3.70. The molecule has 110 valence electrons. The van der Waals surface area contributed by atoms with Gasteiger partial charge in [0.2, 0.25) is 0 Å². The first-order valence-corrected chi connectivity index (χ1v) is 8.71. The Morgan fingerprint density at radius 2 is 2.10 bits per heavy atom. The lowest BCUT2D eigenvalue weighted by molar-refractivity contribution is 0.0737. The van der Waals surface area contributed by atoms with Crippen molar-refractivity contribution in [2.75, 3.05) is 11.5 Å². The molecule has 2 unspecified atom stereocenters. The van der Waals surface area contributed by atoms with E-state index in [1.54, 1.807) is 6.07 Å². The molecule has 1 aliphatic heterocycles. The van der Waals surface area contributed by atoms with Crippen LogP contribution in [-0.4, -0.2) is 43.3 Å². The van der Waals surface area contributed by atoms with E-state index < -0.39 is 22.0 Å². The van der Waals surface area contributed by atoms with E-state index in [4.69, 9.17) is 4.74 Å². The Labute approximate surface area is 118 Å². The normalized spacial score (nSPS) is 28.4. The number of ether oxygens (including phenoxy) is 1. The fraction of sp³-hybridized carbons (Fsp3) is 0.571. The highest BCUT2D eigenvalue weighted by Gasteiger charge is 2.38. The van der Waals surface area contributed by atoms with Crippen molar-refractivity contribution < 1.29 is 18.3 Å². The number of hydrogen-bond donors (Lipinski definition) is 2. The zero-order valence-corrected chi connectivity index (χ0v) is 12.0. The summed E-state index contributed by atoms with van der Waals surface area (Å²) in [6, 6.07) is 8.21. The number of hydrogen-bond acceptors (Lipinski definition) is 5. The molecule has 2 aliphatic rings. The molecule has 1 aromatic carbocycles. The van der Waals surface area contributed by atoms with E-state index in [-0.39, 0.29) is 11.5 Å². The van der Waals surface area contributed by atoms with Gasteiger partial charge < -0.3 is 15.2 Å². The molecule has 1 aromatic rings. The zero-order chi connectivity index (χ0) is 14.2. The van der Waals surface area contributed by atoms with Gasteiger partial charge in [-0.3, -0.25) is 0 Å². The Hall–Kier alpha value is -1.11. The van der Waals surface area contributed by atoms with E-state index in [0.717, 1.165) is 12.1 Å². The fourth-order valence-corrected chi connectivity index (χ4v) is 4.02. The second-order valence-corrected chi connectivity index (χ2v) is 7.76. The molecule has 1 saturated carbocycles. The van der Waals surface area contributed by atoms with Gasteiger partial charge in [-0.25, -0.2) is 8.42 Å². The molecule has 3 rings (SSSR count). The lowest BCUT2D eigenvalue weighted by Crippen LogP contribution is -2.29. The Balaban J connectivity index is 1.63. The maximum absolute atomic E-state index is 11.4. The summed E-state index contributed by atoms with van der Waals surface area (Å²) in [6.45, 7) is 0.785. The van der Waals surface area contributed by atoms with Gasteiger partial charge in [0.25, 0.3) is 0 Å². The van der Waals surface area contributed by atoms with Gasteiger partial charge in [-0.2, -0.15) is 0 Å². The van der Waals surface area contributed by atoms with Crippen LogP contribution < -0.4 is 10.1 Å². The number of aliphatic hydroxyl groups excluding tert-OH is 1. The smallest absolute Gasteiger partial charge is 0.156 e. The average Bonchev–Trinajstić information content (AvgIpc) is 3.15. The van der Waals surface area contributed by atoms with Gasteiger partial charge in [0.15, 0.2) is 9.84 Å². The standard InChI is InChI=1S/C14H19NO4S/c16-13-8-20(17,18)9-14(13)19-12-3-1-2-10(6-12)7-15-11-4-5-11/h1-3,6,11,13-16H,4-5,7-9H2. The number of benzene rings is 1. The minimum absolute atomic E-state index is 0.112. The van der Waals surface area contributed by atoms with E-state index in [9.17, 15) is 13.5 Å². The van der Waals surface area contributed by atoms with E-state index in [2.05, 4.69) is 5.32 Å². The molecule has 2 N–H and O–H groups in total. The molecule has 0 amide bonds. The maximum atomic E-state index is 11.4. The zero-order valence-electron chi connectivity index (χ0n) is 11.2. The first kappa shape index (κ1) is 13.9. The first-order chi connectivity index (χ1) is 9.52. The molecule has 0 radical (unpaired) electrons. The van der Waals surface area contributed by atoms with E-state index in [1.807, 2.05) is 18.2 Å². The van der Waals surface area contributed by atoms with Crippen LogP contribution in [-0.2, 0) is 16.4 Å². The second kappa shape index (κ2) is 5.35. The van der Waals surface area contributed by atoms with Crippen molar-refractivity contribution in [2.24, 2.45) is 0 Å². The summed E-state index contributed by atoms with van der Waals surface area (Å²) in [4.78, 5) is 0. The van der Waals surface area contributed by atoms with E-state index in [0.29, 0.717) is 11.8 Å². The van der Waals surface area contributed by atoms with Crippen molar-refractivity contribution >= 4 is 9.84 Å². The van der Waals surface area contributed by atoms with Gasteiger partial charge in [-0.05, 0) is 30.5 Å². The average molecular weight is 297 g/mol. The monoisotopic (exact) mass is 297 g/mol. The fourth-order valence-electron chi connectivity index (χ4n) is 2.36. The molecule has 1 aliphatic carbocycles.